The summed E-state index contributed by atoms with van der Waals surface area (Å²) in [6, 6.07) is 0. The van der Waals surface area contributed by atoms with E-state index in [0.717, 1.165) is 19.4 Å². The third-order valence-electron chi connectivity index (χ3n) is 3.60. The normalized spacial score (nSPS) is 33.5. The third-order valence-corrected chi connectivity index (χ3v) is 3.60. The summed E-state index contributed by atoms with van der Waals surface area (Å²) < 4.78 is 5.46. The second-order valence-corrected chi connectivity index (χ2v) is 5.72. The zero-order valence-electron chi connectivity index (χ0n) is 10.7. The van der Waals surface area contributed by atoms with Gasteiger partial charge in [0.25, 0.3) is 0 Å². The lowest BCUT2D eigenvalue weighted by atomic mass is 9.88. The van der Waals surface area contributed by atoms with Crippen LogP contribution in [0.25, 0.3) is 0 Å². The average molecular weight is 240 g/mol. The predicted molar refractivity (Wildman–Crippen MR) is 62.4 cm³/mol. The quantitative estimate of drug-likeness (QED) is 0.717. The summed E-state index contributed by atoms with van der Waals surface area (Å²) >= 11 is 0. The van der Waals surface area contributed by atoms with Gasteiger partial charge in [0, 0.05) is 6.61 Å². The van der Waals surface area contributed by atoms with Gasteiger partial charge >= 0.3 is 0 Å². The molecule has 2 amide bonds. The van der Waals surface area contributed by atoms with Crippen molar-refractivity contribution in [3.63, 3.8) is 0 Å². The first-order valence-corrected chi connectivity index (χ1v) is 6.06. The summed E-state index contributed by atoms with van der Waals surface area (Å²) in [7, 11) is 0. The van der Waals surface area contributed by atoms with Crippen LogP contribution in [0.1, 0.15) is 33.6 Å². The number of carbonyl (C=O) groups is 2. The Kier molecular flexibility index (Phi) is 2.89. The second-order valence-electron chi connectivity index (χ2n) is 5.72. The van der Waals surface area contributed by atoms with Crippen molar-refractivity contribution in [2.24, 2.45) is 0 Å². The van der Waals surface area contributed by atoms with Crippen LogP contribution in [0, 0.1) is 0 Å². The molecule has 0 aromatic heterocycles. The van der Waals surface area contributed by atoms with Crippen LogP contribution in [0.4, 0.5) is 0 Å². The van der Waals surface area contributed by atoms with Crippen molar-refractivity contribution in [3.05, 3.63) is 0 Å². The predicted octanol–water partition coefficient (Wildman–Crippen LogP) is 0.292. The molecule has 1 unspecified atom stereocenters. The van der Waals surface area contributed by atoms with Gasteiger partial charge in [0.05, 0.1) is 12.1 Å². The van der Waals surface area contributed by atoms with Crippen LogP contribution < -0.4 is 5.32 Å². The van der Waals surface area contributed by atoms with Crippen LogP contribution in [0.3, 0.4) is 0 Å². The molecule has 2 aliphatic heterocycles. The van der Waals surface area contributed by atoms with Gasteiger partial charge in [-0.1, -0.05) is 0 Å². The van der Waals surface area contributed by atoms with E-state index in [2.05, 4.69) is 5.32 Å². The Morgan fingerprint density at radius 3 is 2.59 bits per heavy atom. The van der Waals surface area contributed by atoms with Crippen LogP contribution >= 0.6 is 0 Å². The summed E-state index contributed by atoms with van der Waals surface area (Å²) in [5.74, 6) is -0.119. The molecule has 0 radical (unpaired) electrons. The van der Waals surface area contributed by atoms with Crippen molar-refractivity contribution in [1.82, 2.24) is 10.2 Å². The molecule has 2 saturated heterocycles. The minimum atomic E-state index is -0.810. The molecule has 0 bridgehead atoms. The van der Waals surface area contributed by atoms with E-state index < -0.39 is 5.54 Å². The van der Waals surface area contributed by atoms with Crippen LogP contribution in [-0.4, -0.2) is 47.6 Å². The molecule has 2 fully saturated rings. The molecule has 0 spiro atoms. The maximum Gasteiger partial charge on any atom is 0.248 e. The van der Waals surface area contributed by atoms with Gasteiger partial charge in [-0.15, -0.1) is 0 Å². The number of rotatable bonds is 1. The van der Waals surface area contributed by atoms with Crippen molar-refractivity contribution in [2.75, 3.05) is 19.8 Å². The Balaban J connectivity index is 2.24. The molecule has 0 aliphatic carbocycles. The fourth-order valence-electron chi connectivity index (χ4n) is 2.56. The molecule has 2 rings (SSSR count). The Hall–Kier alpha value is -1.10. The smallest absolute Gasteiger partial charge is 0.248 e. The van der Waals surface area contributed by atoms with E-state index in [1.807, 2.05) is 6.92 Å². The largest absolute Gasteiger partial charge is 0.379 e. The molecule has 0 aromatic rings. The summed E-state index contributed by atoms with van der Waals surface area (Å²) in [6.45, 7) is 6.88. The van der Waals surface area contributed by atoms with Crippen LogP contribution in [0.5, 0.6) is 0 Å². The molecule has 0 aromatic carbocycles. The number of nitrogens with zero attached hydrogens (tertiary/aromatic N) is 1. The van der Waals surface area contributed by atoms with Gasteiger partial charge in [0.1, 0.15) is 12.1 Å². The molecular formula is C12H20N2O3. The zero-order chi connectivity index (χ0) is 12.7. The van der Waals surface area contributed by atoms with E-state index in [4.69, 9.17) is 4.74 Å². The fraction of sp³-hybridized carbons (Fsp3) is 0.833. The summed E-state index contributed by atoms with van der Waals surface area (Å²) in [5.41, 5.74) is -1.15. The van der Waals surface area contributed by atoms with E-state index in [9.17, 15) is 9.59 Å². The highest BCUT2D eigenvalue weighted by molar-refractivity contribution is 5.97. The van der Waals surface area contributed by atoms with Crippen LogP contribution in [0.2, 0.25) is 0 Å². The minimum absolute atomic E-state index is 0.0231. The Morgan fingerprint density at radius 1 is 1.29 bits per heavy atom. The van der Waals surface area contributed by atoms with Gasteiger partial charge in [-0.05, 0) is 33.6 Å². The van der Waals surface area contributed by atoms with Crippen molar-refractivity contribution >= 4 is 11.8 Å². The van der Waals surface area contributed by atoms with E-state index in [1.165, 1.54) is 0 Å². The number of carbonyl (C=O) groups excluding carboxylic acids is 2. The lowest BCUT2D eigenvalue weighted by Gasteiger charge is -2.48. The first kappa shape index (κ1) is 12.4. The molecule has 1 atom stereocenters. The van der Waals surface area contributed by atoms with Gasteiger partial charge in [0.15, 0.2) is 0 Å². The number of piperazine rings is 1. The van der Waals surface area contributed by atoms with E-state index in [-0.39, 0.29) is 23.9 Å². The third kappa shape index (κ3) is 2.16. The average Bonchev–Trinajstić information content (AvgIpc) is 2.23. The van der Waals surface area contributed by atoms with Crippen molar-refractivity contribution < 1.29 is 14.3 Å². The van der Waals surface area contributed by atoms with Crippen LogP contribution in [-0.2, 0) is 14.3 Å². The summed E-state index contributed by atoms with van der Waals surface area (Å²) in [4.78, 5) is 25.7. The molecule has 0 saturated carbocycles. The molecule has 2 aliphatic rings. The first-order chi connectivity index (χ1) is 7.85. The number of hydrogen-bond donors (Lipinski definition) is 1. The molecule has 1 N–H and O–H groups in total. The topological polar surface area (TPSA) is 58.6 Å². The first-order valence-electron chi connectivity index (χ1n) is 6.06. The molecule has 5 heteroatoms. The van der Waals surface area contributed by atoms with E-state index >= 15 is 0 Å². The maximum absolute atomic E-state index is 12.4. The Bertz CT molecular complexity index is 346. The minimum Gasteiger partial charge on any atom is -0.379 e. The summed E-state index contributed by atoms with van der Waals surface area (Å²) in [5, 5.41) is 2.72. The molecule has 96 valence electrons. The highest BCUT2D eigenvalue weighted by Gasteiger charge is 2.47. The van der Waals surface area contributed by atoms with E-state index in [1.54, 1.807) is 18.7 Å². The lowest BCUT2D eigenvalue weighted by molar-refractivity contribution is -0.160. The number of ether oxygens (including phenoxy) is 1. The zero-order valence-corrected chi connectivity index (χ0v) is 10.7. The number of hydrogen-bond acceptors (Lipinski definition) is 3. The van der Waals surface area contributed by atoms with Gasteiger partial charge < -0.3 is 15.0 Å². The van der Waals surface area contributed by atoms with Crippen LogP contribution in [0.15, 0.2) is 0 Å². The maximum atomic E-state index is 12.4. The van der Waals surface area contributed by atoms with Crippen molar-refractivity contribution in [1.29, 1.82) is 0 Å². The SMILES string of the molecule is CC1(C)NC(=O)CN(C2(C)CCCOC2)C1=O. The highest BCUT2D eigenvalue weighted by atomic mass is 16.5. The van der Waals surface area contributed by atoms with Crippen molar-refractivity contribution in [2.45, 2.75) is 44.7 Å². The monoisotopic (exact) mass is 240 g/mol. The number of amides is 2. The molecule has 17 heavy (non-hydrogen) atoms. The molecular weight excluding hydrogens is 220 g/mol. The van der Waals surface area contributed by atoms with E-state index in [0.29, 0.717) is 6.61 Å². The van der Waals surface area contributed by atoms with Gasteiger partial charge in [-0.2, -0.15) is 0 Å². The number of nitrogens with one attached hydrogen (secondary N) is 1. The molecule has 2 heterocycles. The lowest BCUT2D eigenvalue weighted by Crippen LogP contribution is -2.69. The second kappa shape index (κ2) is 3.98. The van der Waals surface area contributed by atoms with Crippen molar-refractivity contribution in [3.8, 4) is 0 Å². The van der Waals surface area contributed by atoms with Gasteiger partial charge in [-0.3, -0.25) is 9.59 Å². The highest BCUT2D eigenvalue weighted by Crippen LogP contribution is 2.29. The summed E-state index contributed by atoms with van der Waals surface area (Å²) in [6.07, 6.45) is 1.82. The van der Waals surface area contributed by atoms with Gasteiger partial charge in [0.2, 0.25) is 11.8 Å². The fourth-order valence-corrected chi connectivity index (χ4v) is 2.56. The van der Waals surface area contributed by atoms with Gasteiger partial charge in [-0.25, -0.2) is 0 Å². The Labute approximate surface area is 101 Å². The standard InChI is InChI=1S/C12H20N2O3/c1-11(2)10(16)14(7-9(15)13-11)12(3)5-4-6-17-8-12/h4-8H2,1-3H3,(H,13,15). The Morgan fingerprint density at radius 2 is 2.00 bits per heavy atom. The molecule has 5 nitrogen and oxygen atoms in total.